The highest BCUT2D eigenvalue weighted by atomic mass is 16.5. The lowest BCUT2D eigenvalue weighted by Crippen LogP contribution is -2.49. The molecule has 1 aromatic rings. The number of ether oxygens (including phenoxy) is 1. The molecule has 0 saturated heterocycles. The Kier molecular flexibility index (Phi) is 3.33. The molecule has 0 bridgehead atoms. The Hall–Kier alpha value is -1.39. The van der Waals surface area contributed by atoms with Crippen molar-refractivity contribution in [2.75, 3.05) is 7.11 Å². The molecule has 0 radical (unpaired) electrons. The number of aliphatic hydroxyl groups excluding tert-OH is 1. The Morgan fingerprint density at radius 1 is 1.35 bits per heavy atom. The van der Waals surface area contributed by atoms with Crippen molar-refractivity contribution in [3.63, 3.8) is 0 Å². The molecule has 3 aliphatic rings. The Morgan fingerprint density at radius 3 is 2.87 bits per heavy atom. The van der Waals surface area contributed by atoms with Gasteiger partial charge in [0.1, 0.15) is 11.9 Å². The van der Waals surface area contributed by atoms with E-state index in [-0.39, 0.29) is 23.7 Å². The maximum absolute atomic E-state index is 12.5. The highest BCUT2D eigenvalue weighted by Crippen LogP contribution is 2.60. The SMILES string of the molecule is CO[C@H]1C[C@]2(C)C(=O)[C@H](O)C[C@H]2[C@@H]2CCc3cc(O)ccc3[C@H]21. The normalized spacial score (nSPS) is 42.0. The molecule has 4 nitrogen and oxygen atoms in total. The van der Waals surface area contributed by atoms with E-state index in [0.29, 0.717) is 24.5 Å². The average Bonchev–Trinajstić information content (AvgIpc) is 2.77. The molecule has 6 atom stereocenters. The van der Waals surface area contributed by atoms with Gasteiger partial charge >= 0.3 is 0 Å². The molecular weight excluding hydrogens is 292 g/mol. The molecule has 4 heteroatoms. The summed E-state index contributed by atoms with van der Waals surface area (Å²) in [5.41, 5.74) is 1.99. The van der Waals surface area contributed by atoms with Gasteiger partial charge in [0, 0.05) is 18.4 Å². The van der Waals surface area contributed by atoms with Gasteiger partial charge in [-0.2, -0.15) is 0 Å². The standard InChI is InChI=1S/C19H24O4/c1-19-9-16(23-2)17-12-6-4-11(20)7-10(12)3-5-13(17)14(19)8-15(21)18(19)22/h4,6-7,13-17,20-21H,3,5,8-9H2,1-2H3/t13-,14-,15+,16-,17+,19-/m0/s1. The minimum absolute atomic E-state index is 0.000460. The van der Waals surface area contributed by atoms with E-state index in [2.05, 4.69) is 0 Å². The predicted molar refractivity (Wildman–Crippen MR) is 85.3 cm³/mol. The number of ketones is 1. The molecule has 2 saturated carbocycles. The van der Waals surface area contributed by atoms with Crippen LogP contribution < -0.4 is 0 Å². The summed E-state index contributed by atoms with van der Waals surface area (Å²) >= 11 is 0. The van der Waals surface area contributed by atoms with Gasteiger partial charge in [-0.05, 0) is 60.8 Å². The molecular formula is C19H24O4. The average molecular weight is 316 g/mol. The number of phenols is 1. The zero-order valence-corrected chi connectivity index (χ0v) is 13.7. The van der Waals surface area contributed by atoms with Gasteiger partial charge in [-0.1, -0.05) is 13.0 Å². The van der Waals surface area contributed by atoms with E-state index in [1.807, 2.05) is 19.1 Å². The van der Waals surface area contributed by atoms with Crippen LogP contribution >= 0.6 is 0 Å². The number of rotatable bonds is 1. The zero-order chi connectivity index (χ0) is 16.4. The third-order valence-corrected chi connectivity index (χ3v) is 6.70. The van der Waals surface area contributed by atoms with Crippen molar-refractivity contribution in [3.8, 4) is 5.75 Å². The quantitative estimate of drug-likeness (QED) is 0.835. The van der Waals surface area contributed by atoms with Crippen molar-refractivity contribution >= 4 is 5.78 Å². The van der Waals surface area contributed by atoms with Crippen LogP contribution in [0.25, 0.3) is 0 Å². The number of benzene rings is 1. The molecule has 23 heavy (non-hydrogen) atoms. The second-order valence-electron chi connectivity index (χ2n) is 7.73. The molecule has 0 aromatic heterocycles. The lowest BCUT2D eigenvalue weighted by Gasteiger charge is -2.51. The predicted octanol–water partition coefficient (Wildman–Crippen LogP) is 2.41. The third kappa shape index (κ3) is 2.01. The highest BCUT2D eigenvalue weighted by molar-refractivity contribution is 5.91. The number of hydrogen-bond acceptors (Lipinski definition) is 4. The molecule has 2 N–H and O–H groups in total. The van der Waals surface area contributed by atoms with Gasteiger partial charge in [0.2, 0.25) is 0 Å². The van der Waals surface area contributed by atoms with Gasteiger partial charge < -0.3 is 14.9 Å². The van der Waals surface area contributed by atoms with Crippen LogP contribution in [-0.4, -0.2) is 35.3 Å². The molecule has 2 fully saturated rings. The van der Waals surface area contributed by atoms with Gasteiger partial charge in [-0.25, -0.2) is 0 Å². The summed E-state index contributed by atoms with van der Waals surface area (Å²) in [5.74, 6) is 1.14. The maximum atomic E-state index is 12.5. The monoisotopic (exact) mass is 316 g/mol. The molecule has 0 unspecified atom stereocenters. The Balaban J connectivity index is 1.79. The molecule has 3 aliphatic carbocycles. The van der Waals surface area contributed by atoms with Crippen LogP contribution in [0, 0.1) is 17.3 Å². The van der Waals surface area contributed by atoms with Gasteiger partial charge in [-0.15, -0.1) is 0 Å². The largest absolute Gasteiger partial charge is 0.508 e. The van der Waals surface area contributed by atoms with E-state index < -0.39 is 11.5 Å². The van der Waals surface area contributed by atoms with Crippen molar-refractivity contribution in [1.29, 1.82) is 0 Å². The van der Waals surface area contributed by atoms with Crippen molar-refractivity contribution in [1.82, 2.24) is 0 Å². The molecule has 0 aliphatic heterocycles. The number of carbonyl (C=O) groups excluding carboxylic acids is 1. The summed E-state index contributed by atoms with van der Waals surface area (Å²) in [6.07, 6.45) is 2.33. The second kappa shape index (κ2) is 5.05. The summed E-state index contributed by atoms with van der Waals surface area (Å²) in [5, 5.41) is 19.9. The molecule has 0 heterocycles. The number of methoxy groups -OCH3 is 1. The van der Waals surface area contributed by atoms with E-state index in [1.165, 1.54) is 11.1 Å². The zero-order valence-electron chi connectivity index (χ0n) is 13.7. The Bertz CT molecular complexity index is 655. The molecule has 0 amide bonds. The summed E-state index contributed by atoms with van der Waals surface area (Å²) in [7, 11) is 1.72. The van der Waals surface area contributed by atoms with E-state index in [1.54, 1.807) is 13.2 Å². The minimum Gasteiger partial charge on any atom is -0.508 e. The molecule has 0 spiro atoms. The topological polar surface area (TPSA) is 66.8 Å². The first-order valence-corrected chi connectivity index (χ1v) is 8.52. The van der Waals surface area contributed by atoms with Crippen LogP contribution in [0.15, 0.2) is 18.2 Å². The first-order chi connectivity index (χ1) is 11.0. The summed E-state index contributed by atoms with van der Waals surface area (Å²) in [6.45, 7) is 2.02. The van der Waals surface area contributed by atoms with Crippen molar-refractivity contribution < 1.29 is 19.7 Å². The summed E-state index contributed by atoms with van der Waals surface area (Å²) < 4.78 is 5.81. The molecule has 4 rings (SSSR count). The first kappa shape index (κ1) is 15.2. The van der Waals surface area contributed by atoms with Crippen molar-refractivity contribution in [2.24, 2.45) is 17.3 Å². The first-order valence-electron chi connectivity index (χ1n) is 8.52. The summed E-state index contributed by atoms with van der Waals surface area (Å²) in [4.78, 5) is 12.5. The van der Waals surface area contributed by atoms with Gasteiger partial charge in [0.15, 0.2) is 5.78 Å². The molecule has 124 valence electrons. The number of hydrogen-bond donors (Lipinski definition) is 2. The molecule has 1 aromatic carbocycles. The fourth-order valence-corrected chi connectivity index (χ4v) is 5.64. The van der Waals surface area contributed by atoms with E-state index in [9.17, 15) is 15.0 Å². The maximum Gasteiger partial charge on any atom is 0.167 e. The number of aromatic hydroxyl groups is 1. The number of Topliss-reactive ketones (excluding diaryl/α,β-unsaturated/α-hetero) is 1. The van der Waals surface area contributed by atoms with E-state index in [4.69, 9.17) is 4.74 Å². The lowest BCUT2D eigenvalue weighted by molar-refractivity contribution is -0.139. The van der Waals surface area contributed by atoms with Gasteiger partial charge in [0.05, 0.1) is 6.10 Å². The number of fused-ring (bicyclic) bond motifs is 5. The van der Waals surface area contributed by atoms with Crippen LogP contribution in [0.3, 0.4) is 0 Å². The van der Waals surface area contributed by atoms with Gasteiger partial charge in [-0.3, -0.25) is 4.79 Å². The van der Waals surface area contributed by atoms with Crippen molar-refractivity contribution in [3.05, 3.63) is 29.3 Å². The lowest BCUT2D eigenvalue weighted by atomic mass is 9.54. The fourth-order valence-electron chi connectivity index (χ4n) is 5.64. The fraction of sp³-hybridized carbons (Fsp3) is 0.632. The highest BCUT2D eigenvalue weighted by Gasteiger charge is 2.60. The number of aryl methyl sites for hydroxylation is 1. The van der Waals surface area contributed by atoms with E-state index >= 15 is 0 Å². The van der Waals surface area contributed by atoms with Crippen LogP contribution in [-0.2, 0) is 16.0 Å². The Morgan fingerprint density at radius 2 is 2.13 bits per heavy atom. The second-order valence-corrected chi connectivity index (χ2v) is 7.73. The van der Waals surface area contributed by atoms with Crippen LogP contribution in [0.5, 0.6) is 5.75 Å². The van der Waals surface area contributed by atoms with Crippen LogP contribution in [0.2, 0.25) is 0 Å². The van der Waals surface area contributed by atoms with Gasteiger partial charge in [0.25, 0.3) is 0 Å². The van der Waals surface area contributed by atoms with Crippen LogP contribution in [0.4, 0.5) is 0 Å². The summed E-state index contributed by atoms with van der Waals surface area (Å²) in [6, 6.07) is 5.63. The smallest absolute Gasteiger partial charge is 0.167 e. The minimum atomic E-state index is -0.817. The Labute approximate surface area is 136 Å². The number of carbonyl (C=O) groups is 1. The van der Waals surface area contributed by atoms with E-state index in [0.717, 1.165) is 12.8 Å². The van der Waals surface area contributed by atoms with Crippen molar-refractivity contribution in [2.45, 2.75) is 50.7 Å². The van der Waals surface area contributed by atoms with Crippen LogP contribution in [0.1, 0.15) is 43.2 Å². The number of phenolic OH excluding ortho intramolecular Hbond substituents is 1. The third-order valence-electron chi connectivity index (χ3n) is 6.70. The number of aliphatic hydroxyl groups is 1.